The Morgan fingerprint density at radius 3 is 2.49 bits per heavy atom. The molecule has 6 aromatic rings. The van der Waals surface area contributed by atoms with Gasteiger partial charge in [0, 0.05) is 58.3 Å². The van der Waals surface area contributed by atoms with E-state index in [1.165, 1.54) is 6.07 Å². The summed E-state index contributed by atoms with van der Waals surface area (Å²) in [6, 6.07) is 29.2. The minimum absolute atomic E-state index is 0.0356. The Labute approximate surface area is 330 Å². The standard InChI is InChI=1S/C40H34ClF3N4O3S2.CH4O/c1-24-6-12-31(22-36(24)52-40(42,43)44)53-47-39(50)34-13-11-29(21-35(34)51-30-20-27-14-17-45-38(27)46-23-30)48-18-15-26(16-19-48)37(49)33-5-3-2-4-32(33)25-7-9-28(41)10-8-25;1-2/h2-14,17,20-23,26,37,49H,15-16,18-19H2,1H3,(H,45,46)(H,47,50);2H,1H3. The fourth-order valence-electron chi connectivity index (χ4n) is 6.50. The van der Waals surface area contributed by atoms with Crippen molar-refractivity contribution in [3.05, 3.63) is 131 Å². The van der Waals surface area contributed by atoms with E-state index < -0.39 is 17.5 Å². The third-order valence-corrected chi connectivity index (χ3v) is 11.2. The number of H-pyrrole nitrogens is 1. The molecule has 0 aliphatic carbocycles. The average molecular weight is 807 g/mol. The highest BCUT2D eigenvalue weighted by Crippen LogP contribution is 2.41. The number of anilines is 1. The van der Waals surface area contributed by atoms with Crippen molar-refractivity contribution in [3.8, 4) is 22.6 Å². The summed E-state index contributed by atoms with van der Waals surface area (Å²) in [6.45, 7) is 2.96. The van der Waals surface area contributed by atoms with Gasteiger partial charge in [-0.3, -0.25) is 9.52 Å². The molecule has 4 aromatic carbocycles. The van der Waals surface area contributed by atoms with Gasteiger partial charge in [-0.2, -0.15) is 13.2 Å². The quantitative estimate of drug-likeness (QED) is 0.0800. The number of benzene rings is 4. The van der Waals surface area contributed by atoms with E-state index >= 15 is 0 Å². The Hall–Kier alpha value is -4.66. The van der Waals surface area contributed by atoms with Crippen molar-refractivity contribution < 1.29 is 32.9 Å². The fraction of sp³-hybridized carbons (Fsp3) is 0.220. The lowest BCUT2D eigenvalue weighted by molar-refractivity contribution is -0.0328. The van der Waals surface area contributed by atoms with E-state index in [9.17, 15) is 23.1 Å². The SMILES string of the molecule is CO.Cc1ccc(SNC(=O)c2ccc(N3CCC(C(O)c4ccccc4-c4ccc(Cl)cc4)CC3)cc2Oc2cnc3[nH]ccc3c2)cc1SC(F)(F)F. The van der Waals surface area contributed by atoms with Crippen LogP contribution in [0.15, 0.2) is 119 Å². The number of carbonyl (C=O) groups excluding carboxylic acids is 1. The highest BCUT2D eigenvalue weighted by molar-refractivity contribution is 8.00. The highest BCUT2D eigenvalue weighted by Gasteiger charge is 2.31. The molecule has 55 heavy (non-hydrogen) atoms. The molecule has 1 aliphatic heterocycles. The van der Waals surface area contributed by atoms with Crippen LogP contribution in [0.25, 0.3) is 22.2 Å². The molecule has 0 radical (unpaired) electrons. The number of piperidine rings is 1. The van der Waals surface area contributed by atoms with Crippen molar-refractivity contribution in [1.29, 1.82) is 0 Å². The van der Waals surface area contributed by atoms with Crippen molar-refractivity contribution in [3.63, 3.8) is 0 Å². The number of nitrogens with zero attached hydrogens (tertiary/aromatic N) is 2. The zero-order valence-corrected chi connectivity index (χ0v) is 32.2. The summed E-state index contributed by atoms with van der Waals surface area (Å²) in [5.74, 6) is 0.297. The number of nitrogens with one attached hydrogen (secondary N) is 2. The normalized spacial score (nSPS) is 13.9. The van der Waals surface area contributed by atoms with Gasteiger partial charge >= 0.3 is 5.51 Å². The lowest BCUT2D eigenvalue weighted by atomic mass is 9.84. The number of aromatic amines is 1. The maximum atomic E-state index is 13.6. The highest BCUT2D eigenvalue weighted by atomic mass is 35.5. The Morgan fingerprint density at radius 1 is 1.00 bits per heavy atom. The average Bonchev–Trinajstić information content (AvgIpc) is 3.67. The predicted octanol–water partition coefficient (Wildman–Crippen LogP) is 10.6. The van der Waals surface area contributed by atoms with E-state index in [4.69, 9.17) is 21.4 Å². The number of carbonyl (C=O) groups is 1. The second-order valence-electron chi connectivity index (χ2n) is 12.7. The van der Waals surface area contributed by atoms with Gasteiger partial charge < -0.3 is 24.8 Å². The van der Waals surface area contributed by atoms with Crippen LogP contribution in [0.3, 0.4) is 0 Å². The number of aliphatic hydroxyl groups excluding tert-OH is 2. The molecule has 1 saturated heterocycles. The molecule has 1 fully saturated rings. The molecule has 1 unspecified atom stereocenters. The number of aromatic nitrogens is 2. The van der Waals surface area contributed by atoms with Gasteiger partial charge in [0.05, 0.1) is 17.9 Å². The number of aryl methyl sites for hydroxylation is 1. The van der Waals surface area contributed by atoms with Gasteiger partial charge in [-0.05, 0) is 120 Å². The number of hydrogen-bond donors (Lipinski definition) is 4. The van der Waals surface area contributed by atoms with Crippen molar-refractivity contribution in [1.82, 2.24) is 14.7 Å². The van der Waals surface area contributed by atoms with Crippen molar-refractivity contribution in [2.45, 2.75) is 41.2 Å². The summed E-state index contributed by atoms with van der Waals surface area (Å²) in [7, 11) is 1.00. The molecule has 1 amide bonds. The van der Waals surface area contributed by atoms with Gasteiger partial charge in [-0.1, -0.05) is 54.1 Å². The molecule has 7 rings (SSSR count). The molecular formula is C41H38ClF3N4O4S2. The minimum atomic E-state index is -4.43. The molecule has 0 saturated carbocycles. The van der Waals surface area contributed by atoms with Crippen LogP contribution >= 0.6 is 35.3 Å². The monoisotopic (exact) mass is 806 g/mol. The van der Waals surface area contributed by atoms with Crippen LogP contribution in [-0.4, -0.2) is 51.8 Å². The molecule has 8 nitrogen and oxygen atoms in total. The van der Waals surface area contributed by atoms with E-state index in [1.807, 2.05) is 72.8 Å². The summed E-state index contributed by atoms with van der Waals surface area (Å²) in [5.41, 5.74) is 0.701. The summed E-state index contributed by atoms with van der Waals surface area (Å²) in [4.78, 5) is 23.8. The Balaban J connectivity index is 0.00000253. The zero-order valence-electron chi connectivity index (χ0n) is 29.8. The molecule has 0 bridgehead atoms. The zero-order chi connectivity index (χ0) is 39.1. The predicted molar refractivity (Wildman–Crippen MR) is 214 cm³/mol. The van der Waals surface area contributed by atoms with Gasteiger partial charge in [0.2, 0.25) is 0 Å². The fourth-order valence-corrected chi connectivity index (χ4v) is 7.99. The third-order valence-electron chi connectivity index (χ3n) is 9.25. The number of fused-ring (bicyclic) bond motifs is 1. The van der Waals surface area contributed by atoms with E-state index in [-0.39, 0.29) is 28.1 Å². The second kappa shape index (κ2) is 17.9. The van der Waals surface area contributed by atoms with E-state index in [0.717, 1.165) is 59.7 Å². The molecular weight excluding hydrogens is 769 g/mol. The van der Waals surface area contributed by atoms with Crippen LogP contribution in [0.5, 0.6) is 11.5 Å². The maximum Gasteiger partial charge on any atom is 0.446 e. The van der Waals surface area contributed by atoms with Crippen LogP contribution in [-0.2, 0) is 0 Å². The lowest BCUT2D eigenvalue weighted by Crippen LogP contribution is -2.35. The van der Waals surface area contributed by atoms with E-state index in [2.05, 4.69) is 19.6 Å². The van der Waals surface area contributed by atoms with Gasteiger partial charge in [0.25, 0.3) is 5.91 Å². The minimum Gasteiger partial charge on any atom is -0.455 e. The smallest absolute Gasteiger partial charge is 0.446 e. The van der Waals surface area contributed by atoms with Crippen molar-refractivity contribution >= 4 is 57.9 Å². The summed E-state index contributed by atoms with van der Waals surface area (Å²) >= 11 is 6.87. The van der Waals surface area contributed by atoms with Gasteiger partial charge in [0.1, 0.15) is 17.1 Å². The first-order valence-corrected chi connectivity index (χ1v) is 19.3. The van der Waals surface area contributed by atoms with Crippen LogP contribution in [0.4, 0.5) is 18.9 Å². The second-order valence-corrected chi connectivity index (χ2v) is 15.2. The van der Waals surface area contributed by atoms with Crippen LogP contribution in [0, 0.1) is 12.8 Å². The molecule has 2 aromatic heterocycles. The molecule has 1 atom stereocenters. The Kier molecular flexibility index (Phi) is 13.0. The van der Waals surface area contributed by atoms with Crippen LogP contribution in [0.2, 0.25) is 5.02 Å². The van der Waals surface area contributed by atoms with Crippen molar-refractivity contribution in [2.75, 3.05) is 25.1 Å². The van der Waals surface area contributed by atoms with Crippen LogP contribution in [0.1, 0.15) is 40.4 Å². The number of hydrogen-bond acceptors (Lipinski definition) is 8. The number of aliphatic hydroxyl groups is 2. The summed E-state index contributed by atoms with van der Waals surface area (Å²) in [6.07, 6.45) is 4.18. The van der Waals surface area contributed by atoms with E-state index in [1.54, 1.807) is 37.5 Å². The molecule has 0 spiro atoms. The summed E-state index contributed by atoms with van der Waals surface area (Å²) < 4.78 is 48.4. The molecule has 3 heterocycles. The number of pyridine rings is 1. The number of halogens is 4. The number of thioether (sulfide) groups is 1. The third kappa shape index (κ3) is 9.96. The molecule has 286 valence electrons. The topological polar surface area (TPSA) is 111 Å². The molecule has 4 N–H and O–H groups in total. The van der Waals surface area contributed by atoms with Gasteiger partial charge in [-0.15, -0.1) is 0 Å². The number of rotatable bonds is 10. The Bertz CT molecular complexity index is 2250. The van der Waals surface area contributed by atoms with Gasteiger partial charge in [-0.25, -0.2) is 4.98 Å². The lowest BCUT2D eigenvalue weighted by Gasteiger charge is -2.36. The summed E-state index contributed by atoms with van der Waals surface area (Å²) in [5, 5.41) is 20.1. The first-order valence-electron chi connectivity index (χ1n) is 17.3. The van der Waals surface area contributed by atoms with Gasteiger partial charge in [0.15, 0.2) is 0 Å². The van der Waals surface area contributed by atoms with Crippen molar-refractivity contribution in [2.24, 2.45) is 5.92 Å². The Morgan fingerprint density at radius 2 is 1.75 bits per heavy atom. The largest absolute Gasteiger partial charge is 0.455 e. The molecule has 14 heteroatoms. The maximum absolute atomic E-state index is 13.6. The van der Waals surface area contributed by atoms with E-state index in [0.29, 0.717) is 45.7 Å². The number of ether oxygens (including phenoxy) is 1. The van der Waals surface area contributed by atoms with Crippen LogP contribution < -0.4 is 14.4 Å². The number of alkyl halides is 3. The number of amides is 1. The first-order chi connectivity index (χ1) is 26.5. The molecule has 1 aliphatic rings. The first kappa shape index (κ1) is 40.0.